The highest BCUT2D eigenvalue weighted by Crippen LogP contribution is 2.36. The molecule has 2 nitrogen and oxygen atoms in total. The summed E-state index contributed by atoms with van der Waals surface area (Å²) in [6, 6.07) is 0. The molecule has 0 fully saturated rings. The first-order valence-electron chi connectivity index (χ1n) is 3.91. The zero-order chi connectivity index (χ0) is 12.5. The SMILES string of the molecule is Cc1c(C(F)F)cnc(Br)c1OC(F)(F)F. The molecule has 0 saturated heterocycles. The van der Waals surface area contributed by atoms with Crippen molar-refractivity contribution in [2.24, 2.45) is 0 Å². The highest BCUT2D eigenvalue weighted by Gasteiger charge is 2.34. The number of hydrogen-bond donors (Lipinski definition) is 0. The summed E-state index contributed by atoms with van der Waals surface area (Å²) in [7, 11) is 0. The van der Waals surface area contributed by atoms with Crippen molar-refractivity contribution in [3.05, 3.63) is 21.9 Å². The maximum atomic E-state index is 12.4. The maximum absolute atomic E-state index is 12.4. The van der Waals surface area contributed by atoms with Crippen LogP contribution in [0.25, 0.3) is 0 Å². The third-order valence-corrected chi connectivity index (χ3v) is 2.30. The molecule has 0 radical (unpaired) electrons. The Hall–Kier alpha value is -0.920. The summed E-state index contributed by atoms with van der Waals surface area (Å²) in [4.78, 5) is 3.36. The molecule has 16 heavy (non-hydrogen) atoms. The van der Waals surface area contributed by atoms with Crippen LogP contribution in [0.15, 0.2) is 10.8 Å². The van der Waals surface area contributed by atoms with E-state index in [9.17, 15) is 22.0 Å². The molecule has 1 rings (SSSR count). The van der Waals surface area contributed by atoms with E-state index < -0.39 is 24.1 Å². The van der Waals surface area contributed by atoms with E-state index in [-0.39, 0.29) is 10.2 Å². The Morgan fingerprint density at radius 2 is 1.94 bits per heavy atom. The summed E-state index contributed by atoms with van der Waals surface area (Å²) in [5.74, 6) is -0.745. The molecule has 1 aromatic rings. The van der Waals surface area contributed by atoms with Gasteiger partial charge in [-0.1, -0.05) is 0 Å². The van der Waals surface area contributed by atoms with Gasteiger partial charge >= 0.3 is 6.36 Å². The lowest BCUT2D eigenvalue weighted by atomic mass is 10.1. The summed E-state index contributed by atoms with van der Waals surface area (Å²) in [6.45, 7) is 1.11. The number of hydrogen-bond acceptors (Lipinski definition) is 2. The topological polar surface area (TPSA) is 22.1 Å². The second-order valence-corrected chi connectivity index (χ2v) is 3.56. The summed E-state index contributed by atoms with van der Waals surface area (Å²) in [6.07, 6.45) is -7.06. The Balaban J connectivity index is 3.21. The molecule has 0 spiro atoms. The van der Waals surface area contributed by atoms with Gasteiger partial charge in [-0.25, -0.2) is 13.8 Å². The molecule has 0 bridgehead atoms. The minimum absolute atomic E-state index is 0.272. The van der Waals surface area contributed by atoms with Crippen LogP contribution in [-0.4, -0.2) is 11.3 Å². The lowest BCUT2D eigenvalue weighted by Crippen LogP contribution is -2.18. The lowest BCUT2D eigenvalue weighted by Gasteiger charge is -2.14. The van der Waals surface area contributed by atoms with Gasteiger partial charge in [0.05, 0.1) is 0 Å². The van der Waals surface area contributed by atoms with Crippen molar-refractivity contribution in [3.63, 3.8) is 0 Å². The van der Waals surface area contributed by atoms with Crippen molar-refractivity contribution in [1.82, 2.24) is 4.98 Å². The highest BCUT2D eigenvalue weighted by atomic mass is 79.9. The summed E-state index contributed by atoms with van der Waals surface area (Å²) in [5.41, 5.74) is -0.892. The quantitative estimate of drug-likeness (QED) is 0.609. The zero-order valence-corrected chi connectivity index (χ0v) is 9.36. The van der Waals surface area contributed by atoms with Gasteiger partial charge in [0.2, 0.25) is 0 Å². The van der Waals surface area contributed by atoms with E-state index in [4.69, 9.17) is 0 Å². The maximum Gasteiger partial charge on any atom is 0.573 e. The van der Waals surface area contributed by atoms with Crippen LogP contribution in [0.1, 0.15) is 17.6 Å². The Morgan fingerprint density at radius 3 is 2.38 bits per heavy atom. The Bertz CT molecular complexity index is 393. The van der Waals surface area contributed by atoms with Crippen LogP contribution in [0.4, 0.5) is 22.0 Å². The van der Waals surface area contributed by atoms with Gasteiger partial charge in [0, 0.05) is 17.3 Å². The molecule has 0 aliphatic heterocycles. The number of ether oxygens (including phenoxy) is 1. The van der Waals surface area contributed by atoms with Gasteiger partial charge in [-0.05, 0) is 22.9 Å². The van der Waals surface area contributed by atoms with Gasteiger partial charge < -0.3 is 4.74 Å². The van der Waals surface area contributed by atoms with E-state index in [1.54, 1.807) is 0 Å². The summed E-state index contributed by atoms with van der Waals surface area (Å²) >= 11 is 2.70. The fraction of sp³-hybridized carbons (Fsp3) is 0.375. The van der Waals surface area contributed by atoms with Crippen LogP contribution < -0.4 is 4.74 Å². The molecule has 0 aromatic carbocycles. The second-order valence-electron chi connectivity index (χ2n) is 2.81. The smallest absolute Gasteiger partial charge is 0.403 e. The second kappa shape index (κ2) is 4.52. The third kappa shape index (κ3) is 3.03. The van der Waals surface area contributed by atoms with Gasteiger partial charge in [0.15, 0.2) is 5.75 Å². The third-order valence-electron chi connectivity index (χ3n) is 1.73. The number of alkyl halides is 5. The van der Waals surface area contributed by atoms with E-state index >= 15 is 0 Å². The largest absolute Gasteiger partial charge is 0.573 e. The van der Waals surface area contributed by atoms with Crippen molar-refractivity contribution in [2.45, 2.75) is 19.7 Å². The Kier molecular flexibility index (Phi) is 3.72. The number of aromatic nitrogens is 1. The average molecular weight is 306 g/mol. The first kappa shape index (κ1) is 13.1. The zero-order valence-electron chi connectivity index (χ0n) is 7.78. The molecule has 1 heterocycles. The normalized spacial score (nSPS) is 12.0. The fourth-order valence-corrected chi connectivity index (χ4v) is 1.50. The summed E-state index contributed by atoms with van der Waals surface area (Å²) in [5, 5.41) is 0. The lowest BCUT2D eigenvalue weighted by molar-refractivity contribution is -0.275. The summed E-state index contributed by atoms with van der Waals surface area (Å²) < 4.78 is 64.0. The van der Waals surface area contributed by atoms with E-state index in [1.807, 2.05) is 0 Å². The number of nitrogens with zero attached hydrogens (tertiary/aromatic N) is 1. The van der Waals surface area contributed by atoms with Crippen molar-refractivity contribution >= 4 is 15.9 Å². The molecule has 0 aliphatic rings. The molecular formula is C8H5BrF5NO. The van der Waals surface area contributed by atoms with Crippen LogP contribution >= 0.6 is 15.9 Å². The molecule has 90 valence electrons. The minimum atomic E-state index is -4.95. The monoisotopic (exact) mass is 305 g/mol. The predicted octanol–water partition coefficient (Wildman–Crippen LogP) is 3.99. The molecule has 0 amide bonds. The average Bonchev–Trinajstić information content (AvgIpc) is 2.10. The fourth-order valence-electron chi connectivity index (χ4n) is 1.02. The van der Waals surface area contributed by atoms with Crippen LogP contribution in [0, 0.1) is 6.92 Å². The predicted molar refractivity (Wildman–Crippen MR) is 48.3 cm³/mol. The van der Waals surface area contributed by atoms with Crippen molar-refractivity contribution in [3.8, 4) is 5.75 Å². The molecule has 8 heteroatoms. The molecule has 0 unspecified atom stereocenters. The number of rotatable bonds is 2. The van der Waals surface area contributed by atoms with Crippen LogP contribution in [-0.2, 0) is 0 Å². The van der Waals surface area contributed by atoms with Gasteiger partial charge in [0.1, 0.15) is 4.60 Å². The first-order valence-corrected chi connectivity index (χ1v) is 4.70. The van der Waals surface area contributed by atoms with E-state index in [2.05, 4.69) is 25.7 Å². The molecule has 0 saturated carbocycles. The van der Waals surface area contributed by atoms with Gasteiger partial charge in [-0.2, -0.15) is 0 Å². The molecule has 0 N–H and O–H groups in total. The van der Waals surface area contributed by atoms with Gasteiger partial charge in [-0.3, -0.25) is 0 Å². The van der Waals surface area contributed by atoms with Crippen molar-refractivity contribution in [2.75, 3.05) is 0 Å². The number of halogens is 6. The highest BCUT2D eigenvalue weighted by molar-refractivity contribution is 9.10. The van der Waals surface area contributed by atoms with Crippen molar-refractivity contribution in [1.29, 1.82) is 0 Å². The molecule has 1 aromatic heterocycles. The number of pyridine rings is 1. The van der Waals surface area contributed by atoms with Crippen LogP contribution in [0.5, 0.6) is 5.75 Å². The standard InChI is InChI=1S/C8H5BrF5NO/c1-3-4(7(10)11)2-15-6(9)5(3)16-8(12,13)14/h2,7H,1H3. The van der Waals surface area contributed by atoms with E-state index in [0.717, 1.165) is 13.1 Å². The van der Waals surface area contributed by atoms with Crippen molar-refractivity contribution < 1.29 is 26.7 Å². The Labute approximate surface area is 95.6 Å². The van der Waals surface area contributed by atoms with E-state index in [0.29, 0.717) is 0 Å². The Morgan fingerprint density at radius 1 is 1.38 bits per heavy atom. The van der Waals surface area contributed by atoms with Crippen LogP contribution in [0.2, 0.25) is 0 Å². The molecular weight excluding hydrogens is 301 g/mol. The molecule has 0 aliphatic carbocycles. The minimum Gasteiger partial charge on any atom is -0.403 e. The van der Waals surface area contributed by atoms with Gasteiger partial charge in [0.25, 0.3) is 6.43 Å². The van der Waals surface area contributed by atoms with Crippen LogP contribution in [0.3, 0.4) is 0 Å². The van der Waals surface area contributed by atoms with E-state index in [1.165, 1.54) is 0 Å². The van der Waals surface area contributed by atoms with Gasteiger partial charge in [-0.15, -0.1) is 13.2 Å². The molecule has 0 atom stereocenters. The first-order chi connectivity index (χ1) is 7.22.